The van der Waals surface area contributed by atoms with Crippen LogP contribution in [0.25, 0.3) is 0 Å². The second-order valence-electron chi connectivity index (χ2n) is 7.09. The lowest BCUT2D eigenvalue weighted by Crippen LogP contribution is -2.13. The summed E-state index contributed by atoms with van der Waals surface area (Å²) in [6.45, 7) is 0. The molecule has 1 nitrogen and oxygen atoms in total. The Kier molecular flexibility index (Phi) is 5.03. The van der Waals surface area contributed by atoms with E-state index in [4.69, 9.17) is 0 Å². The van der Waals surface area contributed by atoms with Gasteiger partial charge in [0, 0.05) is 0 Å². The van der Waals surface area contributed by atoms with Crippen molar-refractivity contribution in [2.45, 2.75) is 52.7 Å². The van der Waals surface area contributed by atoms with E-state index >= 15 is 0 Å². The van der Waals surface area contributed by atoms with Gasteiger partial charge in [0.05, 0.1) is 0 Å². The maximum absolute atomic E-state index is 14.3. The molecule has 0 bridgehead atoms. The van der Waals surface area contributed by atoms with Crippen LogP contribution in [-0.2, 0) is 14.1 Å². The topological polar surface area (TPSA) is 17.1 Å². The van der Waals surface area contributed by atoms with Gasteiger partial charge in [0.1, 0.15) is 0 Å². The molecule has 0 aliphatic heterocycles. The summed E-state index contributed by atoms with van der Waals surface area (Å²) in [5, 5.41) is 0. The minimum atomic E-state index is -2.47. The molecule has 4 rings (SSSR count). The smallest absolute Gasteiger partial charge is 0.0875 e. The molecule has 0 saturated heterocycles. The van der Waals surface area contributed by atoms with Crippen molar-refractivity contribution in [1.29, 1.82) is 0 Å². The summed E-state index contributed by atoms with van der Waals surface area (Å²) < 4.78 is 14.3. The van der Waals surface area contributed by atoms with Crippen molar-refractivity contribution in [2.24, 2.45) is 0 Å². The molecular formula is C24H25OS+. The molecule has 2 heteroatoms. The first-order valence-corrected chi connectivity index (χ1v) is 11.1. The van der Waals surface area contributed by atoms with E-state index in [1.165, 1.54) is 37.7 Å². The minimum Gasteiger partial charge on any atom is -0.0875 e. The summed E-state index contributed by atoms with van der Waals surface area (Å²) in [6, 6.07) is 28.3. The van der Waals surface area contributed by atoms with Gasteiger partial charge in [0.2, 0.25) is 0 Å². The van der Waals surface area contributed by atoms with Gasteiger partial charge in [0.25, 0.3) is 0 Å². The highest BCUT2D eigenvalue weighted by atomic mass is 32.2. The summed E-state index contributed by atoms with van der Waals surface area (Å²) in [5.74, 6) is 0.669. The molecule has 0 heterocycles. The van der Waals surface area contributed by atoms with E-state index in [2.05, 4.69) is 24.3 Å². The molecule has 1 aliphatic rings. The van der Waals surface area contributed by atoms with Gasteiger partial charge in [-0.05, 0) is 60.7 Å². The monoisotopic (exact) mass is 361 g/mol. The van der Waals surface area contributed by atoms with Crippen LogP contribution in [-0.4, -0.2) is 0 Å². The molecular weight excluding hydrogens is 336 g/mol. The third-order valence-electron chi connectivity index (χ3n) is 5.44. The van der Waals surface area contributed by atoms with Crippen LogP contribution in [0.2, 0.25) is 0 Å². The second-order valence-corrected chi connectivity index (χ2v) is 9.61. The van der Waals surface area contributed by atoms with E-state index in [0.717, 1.165) is 14.7 Å². The largest absolute Gasteiger partial charge is 0.182 e. The van der Waals surface area contributed by atoms with Crippen LogP contribution in [0.15, 0.2) is 99.6 Å². The molecule has 0 amide bonds. The Morgan fingerprint density at radius 2 is 1.04 bits per heavy atom. The maximum atomic E-state index is 14.3. The lowest BCUT2D eigenvalue weighted by atomic mass is 9.84. The highest BCUT2D eigenvalue weighted by Crippen LogP contribution is 2.38. The van der Waals surface area contributed by atoms with Crippen LogP contribution < -0.4 is 0 Å². The summed E-state index contributed by atoms with van der Waals surface area (Å²) in [4.78, 5) is 2.64. The van der Waals surface area contributed by atoms with Crippen LogP contribution in [0.5, 0.6) is 0 Å². The molecule has 0 unspecified atom stereocenters. The van der Waals surface area contributed by atoms with Gasteiger partial charge < -0.3 is 0 Å². The summed E-state index contributed by atoms with van der Waals surface area (Å²) >= 11 is 0. The Bertz CT molecular complexity index is 835. The first kappa shape index (κ1) is 17.2. The highest BCUT2D eigenvalue weighted by molar-refractivity contribution is 8.03. The zero-order valence-corrected chi connectivity index (χ0v) is 15.8. The van der Waals surface area contributed by atoms with Gasteiger partial charge in [-0.25, -0.2) is 0 Å². The molecule has 26 heavy (non-hydrogen) atoms. The molecule has 1 saturated carbocycles. The predicted octanol–water partition coefficient (Wildman–Crippen LogP) is 6.71. The van der Waals surface area contributed by atoms with Crippen molar-refractivity contribution < 1.29 is 4.21 Å². The predicted molar refractivity (Wildman–Crippen MR) is 108 cm³/mol. The molecule has 3 aromatic carbocycles. The molecule has 1 fully saturated rings. The summed E-state index contributed by atoms with van der Waals surface area (Å²) in [6.07, 6.45) is 6.59. The third-order valence-corrected chi connectivity index (χ3v) is 8.25. The van der Waals surface area contributed by atoms with Crippen molar-refractivity contribution in [3.63, 3.8) is 0 Å². The van der Waals surface area contributed by atoms with Gasteiger partial charge >= 0.3 is 0 Å². The number of benzene rings is 3. The van der Waals surface area contributed by atoms with Crippen molar-refractivity contribution in [2.75, 3.05) is 0 Å². The van der Waals surface area contributed by atoms with E-state index in [1.54, 1.807) is 0 Å². The summed E-state index contributed by atoms with van der Waals surface area (Å²) in [5.41, 5.74) is 1.40. The molecule has 0 radical (unpaired) electrons. The second kappa shape index (κ2) is 7.59. The Balaban J connectivity index is 1.76. The Morgan fingerprint density at radius 3 is 1.54 bits per heavy atom. The zero-order chi connectivity index (χ0) is 17.8. The fraction of sp³-hybridized carbons (Fsp3) is 0.250. The van der Waals surface area contributed by atoms with Crippen LogP contribution in [0.1, 0.15) is 43.6 Å². The van der Waals surface area contributed by atoms with Crippen molar-refractivity contribution in [3.05, 3.63) is 90.5 Å². The van der Waals surface area contributed by atoms with Gasteiger partial charge in [-0.3, -0.25) is 0 Å². The quantitative estimate of drug-likeness (QED) is 0.472. The lowest BCUT2D eigenvalue weighted by Gasteiger charge is -2.22. The zero-order valence-electron chi connectivity index (χ0n) is 15.0. The average molecular weight is 362 g/mol. The highest BCUT2D eigenvalue weighted by Gasteiger charge is 2.37. The Morgan fingerprint density at radius 1 is 0.577 bits per heavy atom. The van der Waals surface area contributed by atoms with Gasteiger partial charge in [-0.15, -0.1) is 0 Å². The van der Waals surface area contributed by atoms with Crippen LogP contribution in [0, 0.1) is 0 Å². The van der Waals surface area contributed by atoms with Crippen molar-refractivity contribution >= 4 is 9.93 Å². The Labute approximate surface area is 157 Å². The van der Waals surface area contributed by atoms with Crippen LogP contribution in [0.3, 0.4) is 0 Å². The normalized spacial score (nSPS) is 15.7. The number of hydrogen-bond donors (Lipinski definition) is 0. The number of rotatable bonds is 4. The molecule has 132 valence electrons. The Hall–Kier alpha value is -2.19. The molecule has 0 N–H and O–H groups in total. The molecule has 3 aromatic rings. The van der Waals surface area contributed by atoms with E-state index in [0.29, 0.717) is 5.92 Å². The van der Waals surface area contributed by atoms with E-state index < -0.39 is 9.93 Å². The maximum Gasteiger partial charge on any atom is 0.182 e. The fourth-order valence-corrected chi connectivity index (χ4v) is 6.42. The average Bonchev–Trinajstić information content (AvgIpc) is 2.75. The standard InChI is InChI=1S/C24H25OS/c25-26(22-12-6-2-7-13-22,23-14-8-3-9-15-23)24-18-16-21(17-19-24)20-10-4-1-5-11-20/h2-3,6-9,12-20H,1,4-5,10-11H2/q+1. The molecule has 0 aromatic heterocycles. The van der Waals surface area contributed by atoms with Crippen LogP contribution >= 0.6 is 0 Å². The summed E-state index contributed by atoms with van der Waals surface area (Å²) in [7, 11) is -2.47. The van der Waals surface area contributed by atoms with E-state index in [1.807, 2.05) is 60.7 Å². The van der Waals surface area contributed by atoms with Gasteiger partial charge in [0.15, 0.2) is 24.6 Å². The molecule has 0 atom stereocenters. The van der Waals surface area contributed by atoms with Crippen LogP contribution in [0.4, 0.5) is 0 Å². The first-order valence-electron chi connectivity index (χ1n) is 9.53. The van der Waals surface area contributed by atoms with Crippen molar-refractivity contribution in [1.82, 2.24) is 0 Å². The SMILES string of the molecule is O=[S+](c1ccccc1)(c1ccccc1)c1ccc(C2CCCCC2)cc1. The van der Waals surface area contributed by atoms with Gasteiger partial charge in [-0.2, -0.15) is 0 Å². The fourth-order valence-electron chi connectivity index (χ4n) is 4.00. The van der Waals surface area contributed by atoms with E-state index in [9.17, 15) is 4.21 Å². The molecule has 0 spiro atoms. The lowest BCUT2D eigenvalue weighted by molar-refractivity contribution is 0.443. The first-order chi connectivity index (χ1) is 12.8. The van der Waals surface area contributed by atoms with Crippen molar-refractivity contribution in [3.8, 4) is 0 Å². The minimum absolute atomic E-state index is 0.669. The molecule has 1 aliphatic carbocycles. The van der Waals surface area contributed by atoms with Gasteiger partial charge in [-0.1, -0.05) is 72.0 Å². The number of hydrogen-bond acceptors (Lipinski definition) is 1. The third kappa shape index (κ3) is 3.26. The van der Waals surface area contributed by atoms with E-state index in [-0.39, 0.29) is 0 Å².